The highest BCUT2D eigenvalue weighted by molar-refractivity contribution is 5.88. The molecule has 1 N–H and O–H groups in total. The van der Waals surface area contributed by atoms with Gasteiger partial charge in [-0.2, -0.15) is 0 Å². The van der Waals surface area contributed by atoms with Crippen molar-refractivity contribution >= 4 is 16.9 Å². The van der Waals surface area contributed by atoms with E-state index in [2.05, 4.69) is 6.92 Å². The molecular formula is C26H32O6. The minimum absolute atomic E-state index is 0.163. The number of fused-ring (bicyclic) bond motifs is 1. The van der Waals surface area contributed by atoms with Crippen LogP contribution in [-0.2, 0) is 22.4 Å². The zero-order chi connectivity index (χ0) is 22.8. The lowest BCUT2D eigenvalue weighted by molar-refractivity contribution is -0.140. The molecule has 0 radical (unpaired) electrons. The van der Waals surface area contributed by atoms with E-state index in [4.69, 9.17) is 18.6 Å². The number of carbonyl (C=O) groups is 1. The molecule has 172 valence electrons. The van der Waals surface area contributed by atoms with Gasteiger partial charge in [0.15, 0.2) is 5.75 Å². The fourth-order valence-electron chi connectivity index (χ4n) is 3.68. The highest BCUT2D eigenvalue weighted by atomic mass is 16.5. The second kappa shape index (κ2) is 12.0. The van der Waals surface area contributed by atoms with Gasteiger partial charge >= 0.3 is 5.97 Å². The molecule has 0 spiro atoms. The monoisotopic (exact) mass is 440 g/mol. The molecule has 3 rings (SSSR count). The molecule has 0 aliphatic carbocycles. The Hall–Kier alpha value is -3.15. The zero-order valence-corrected chi connectivity index (χ0v) is 18.9. The maximum absolute atomic E-state index is 11.4. The van der Waals surface area contributed by atoms with Gasteiger partial charge in [0.1, 0.15) is 23.3 Å². The summed E-state index contributed by atoms with van der Waals surface area (Å²) in [6.07, 6.45) is 6.95. The summed E-state index contributed by atoms with van der Waals surface area (Å²) in [5.74, 6) is 1.59. The van der Waals surface area contributed by atoms with Crippen LogP contribution in [0.5, 0.6) is 17.2 Å². The number of benzene rings is 2. The summed E-state index contributed by atoms with van der Waals surface area (Å²) in [4.78, 5) is 11.4. The standard InChI is InChI=1S/C26H32O6/c1-3-9-21-24(14-13-20-22(27)18-32-26(20)21)31-17-8-4-7-16-30-23-11-6-5-10-19(23)12-15-25(28)29-2/h5-6,10-11,13-14,18,27H,3-4,7-9,12,15-17H2,1-2H3. The van der Waals surface area contributed by atoms with Crippen LogP contribution < -0.4 is 9.47 Å². The van der Waals surface area contributed by atoms with Gasteiger partial charge in [-0.25, -0.2) is 0 Å². The molecule has 1 heterocycles. The topological polar surface area (TPSA) is 78.1 Å². The predicted molar refractivity (Wildman–Crippen MR) is 123 cm³/mol. The van der Waals surface area contributed by atoms with Crippen LogP contribution in [0.4, 0.5) is 0 Å². The Bertz CT molecular complexity index is 1010. The molecule has 0 fully saturated rings. The van der Waals surface area contributed by atoms with Crippen molar-refractivity contribution in [1.82, 2.24) is 0 Å². The fraction of sp³-hybridized carbons (Fsp3) is 0.423. The third-order valence-corrected chi connectivity index (χ3v) is 5.38. The van der Waals surface area contributed by atoms with Gasteiger partial charge < -0.3 is 23.7 Å². The molecule has 0 aliphatic heterocycles. The Morgan fingerprint density at radius 1 is 0.969 bits per heavy atom. The summed E-state index contributed by atoms with van der Waals surface area (Å²) in [5.41, 5.74) is 2.74. The van der Waals surface area contributed by atoms with Crippen LogP contribution in [0.2, 0.25) is 0 Å². The van der Waals surface area contributed by atoms with Crippen molar-refractivity contribution in [2.45, 2.75) is 51.9 Å². The molecule has 2 aromatic carbocycles. The summed E-state index contributed by atoms with van der Waals surface area (Å²) in [6.45, 7) is 3.34. The third kappa shape index (κ3) is 6.19. The number of ether oxygens (including phenoxy) is 3. The van der Waals surface area contributed by atoms with E-state index in [1.165, 1.54) is 13.4 Å². The van der Waals surface area contributed by atoms with Gasteiger partial charge in [-0.15, -0.1) is 0 Å². The van der Waals surface area contributed by atoms with Gasteiger partial charge in [-0.3, -0.25) is 4.79 Å². The van der Waals surface area contributed by atoms with Crippen molar-refractivity contribution in [3.05, 3.63) is 53.8 Å². The minimum atomic E-state index is -0.218. The quantitative estimate of drug-likeness (QED) is 0.266. The number of methoxy groups -OCH3 is 1. The Kier molecular flexibility index (Phi) is 8.84. The smallest absolute Gasteiger partial charge is 0.305 e. The Morgan fingerprint density at radius 3 is 2.47 bits per heavy atom. The maximum Gasteiger partial charge on any atom is 0.305 e. The van der Waals surface area contributed by atoms with E-state index in [0.717, 1.165) is 60.1 Å². The van der Waals surface area contributed by atoms with Crippen molar-refractivity contribution < 1.29 is 28.5 Å². The first-order valence-corrected chi connectivity index (χ1v) is 11.3. The third-order valence-electron chi connectivity index (χ3n) is 5.38. The number of carbonyl (C=O) groups excluding carboxylic acids is 1. The molecule has 0 unspecified atom stereocenters. The summed E-state index contributed by atoms with van der Waals surface area (Å²) in [5, 5.41) is 10.6. The first-order chi connectivity index (χ1) is 15.6. The number of hydrogen-bond donors (Lipinski definition) is 1. The highest BCUT2D eigenvalue weighted by Crippen LogP contribution is 2.35. The number of furan rings is 1. The van der Waals surface area contributed by atoms with Crippen LogP contribution in [0.3, 0.4) is 0 Å². The number of esters is 1. The largest absolute Gasteiger partial charge is 0.504 e. The van der Waals surface area contributed by atoms with Gasteiger partial charge in [0.05, 0.1) is 25.7 Å². The van der Waals surface area contributed by atoms with Gasteiger partial charge in [-0.1, -0.05) is 31.5 Å². The first-order valence-electron chi connectivity index (χ1n) is 11.3. The number of rotatable bonds is 13. The first kappa shape index (κ1) is 23.5. The van der Waals surface area contributed by atoms with E-state index >= 15 is 0 Å². The lowest BCUT2D eigenvalue weighted by Crippen LogP contribution is -2.05. The summed E-state index contributed by atoms with van der Waals surface area (Å²) >= 11 is 0. The van der Waals surface area contributed by atoms with Gasteiger partial charge in [0, 0.05) is 12.0 Å². The molecule has 0 saturated heterocycles. The molecular weight excluding hydrogens is 408 g/mol. The molecule has 0 bridgehead atoms. The molecule has 32 heavy (non-hydrogen) atoms. The lowest BCUT2D eigenvalue weighted by atomic mass is 10.1. The van der Waals surface area contributed by atoms with E-state index in [1.54, 1.807) is 0 Å². The van der Waals surface area contributed by atoms with Crippen LogP contribution in [0.15, 0.2) is 47.1 Å². The van der Waals surface area contributed by atoms with Gasteiger partial charge in [0.25, 0.3) is 0 Å². The average molecular weight is 441 g/mol. The maximum atomic E-state index is 11.4. The van der Waals surface area contributed by atoms with Crippen molar-refractivity contribution in [2.75, 3.05) is 20.3 Å². The molecule has 3 aromatic rings. The summed E-state index contributed by atoms with van der Waals surface area (Å²) < 4.78 is 22.2. The zero-order valence-electron chi connectivity index (χ0n) is 18.9. The Balaban J connectivity index is 1.42. The van der Waals surface area contributed by atoms with E-state index in [1.807, 2.05) is 36.4 Å². The van der Waals surface area contributed by atoms with E-state index in [-0.39, 0.29) is 11.7 Å². The summed E-state index contributed by atoms with van der Waals surface area (Å²) in [7, 11) is 1.40. The second-order valence-electron chi connectivity index (χ2n) is 7.73. The number of para-hydroxylation sites is 1. The highest BCUT2D eigenvalue weighted by Gasteiger charge is 2.14. The van der Waals surface area contributed by atoms with Crippen LogP contribution in [-0.4, -0.2) is 31.4 Å². The van der Waals surface area contributed by atoms with Crippen LogP contribution in [0, 0.1) is 0 Å². The van der Waals surface area contributed by atoms with E-state index < -0.39 is 0 Å². The number of unbranched alkanes of at least 4 members (excludes halogenated alkanes) is 2. The van der Waals surface area contributed by atoms with Crippen molar-refractivity contribution in [1.29, 1.82) is 0 Å². The van der Waals surface area contributed by atoms with Gasteiger partial charge in [-0.05, 0) is 55.9 Å². The molecule has 0 amide bonds. The molecule has 0 aliphatic rings. The normalized spacial score (nSPS) is 10.9. The molecule has 6 heteroatoms. The van der Waals surface area contributed by atoms with Gasteiger partial charge in [0.2, 0.25) is 0 Å². The summed E-state index contributed by atoms with van der Waals surface area (Å²) in [6, 6.07) is 11.6. The number of aryl methyl sites for hydroxylation is 2. The average Bonchev–Trinajstić information content (AvgIpc) is 3.19. The number of aromatic hydroxyl groups is 1. The SMILES string of the molecule is CCCc1c(OCCCCCOc2ccccc2CCC(=O)OC)ccc2c(O)coc12. The van der Waals surface area contributed by atoms with Crippen molar-refractivity contribution in [3.63, 3.8) is 0 Å². The Morgan fingerprint density at radius 2 is 1.72 bits per heavy atom. The molecule has 0 saturated carbocycles. The molecule has 1 aromatic heterocycles. The molecule has 0 atom stereocenters. The van der Waals surface area contributed by atoms with Crippen LogP contribution in [0.1, 0.15) is 50.2 Å². The minimum Gasteiger partial charge on any atom is -0.504 e. The van der Waals surface area contributed by atoms with Crippen molar-refractivity contribution in [2.24, 2.45) is 0 Å². The fourth-order valence-corrected chi connectivity index (χ4v) is 3.68. The Labute approximate surface area is 189 Å². The van der Waals surface area contributed by atoms with E-state index in [0.29, 0.717) is 31.6 Å². The van der Waals surface area contributed by atoms with Crippen LogP contribution in [0.25, 0.3) is 11.0 Å². The van der Waals surface area contributed by atoms with E-state index in [9.17, 15) is 9.90 Å². The van der Waals surface area contributed by atoms with Crippen LogP contribution >= 0.6 is 0 Å². The second-order valence-corrected chi connectivity index (χ2v) is 7.73. The lowest BCUT2D eigenvalue weighted by Gasteiger charge is -2.12. The number of hydrogen-bond acceptors (Lipinski definition) is 6. The molecule has 6 nitrogen and oxygen atoms in total. The van der Waals surface area contributed by atoms with Crippen molar-refractivity contribution in [3.8, 4) is 17.2 Å². The predicted octanol–water partition coefficient (Wildman–Crippen LogP) is 5.82.